The zero-order chi connectivity index (χ0) is 21.6. The van der Waals surface area contributed by atoms with E-state index in [-0.39, 0.29) is 37.0 Å². The van der Waals surface area contributed by atoms with E-state index in [0.29, 0.717) is 21.9 Å². The second-order valence-corrected chi connectivity index (χ2v) is 9.21. The molecule has 1 N–H and O–H groups in total. The molecule has 0 saturated carbocycles. The number of carbonyl (C=O) groups is 1. The van der Waals surface area contributed by atoms with Gasteiger partial charge in [-0.05, 0) is 17.5 Å². The zero-order valence-corrected chi connectivity index (χ0v) is 16.9. The molecule has 0 fully saturated rings. The minimum absolute atomic E-state index is 0.0810. The molecule has 1 aromatic carbocycles. The molecule has 1 amide bonds. The number of hydrogen-bond donors (Lipinski definition) is 1. The molecule has 2 aromatic rings. The summed E-state index contributed by atoms with van der Waals surface area (Å²) in [6.45, 7) is 5.85. The van der Waals surface area contributed by atoms with E-state index >= 15 is 0 Å². The molecule has 0 atom stereocenters. The highest BCUT2D eigenvalue weighted by atomic mass is 32.1. The maximum absolute atomic E-state index is 14.5. The molecule has 0 bridgehead atoms. The standard InChI is InChI=1S/C19H20F5N3OS/c1-18(2,3)8-15(28)26-16-11(20)6-10(7-12(16)21)27-5-4-13-14(9-27)29-17(25-13)19(22,23)24/h6-7H,4-5,8-9H2,1-3H3,(H,26,28). The van der Waals surface area contributed by atoms with Crippen LogP contribution < -0.4 is 10.2 Å². The fraction of sp³-hybridized carbons (Fsp3) is 0.474. The second kappa shape index (κ2) is 7.55. The first-order chi connectivity index (χ1) is 13.3. The number of hydrogen-bond acceptors (Lipinski definition) is 4. The van der Waals surface area contributed by atoms with Gasteiger partial charge in [0.05, 0.1) is 12.2 Å². The van der Waals surface area contributed by atoms with Crippen molar-refractivity contribution in [1.82, 2.24) is 4.98 Å². The number of rotatable bonds is 3. The van der Waals surface area contributed by atoms with Gasteiger partial charge in [-0.3, -0.25) is 4.79 Å². The lowest BCUT2D eigenvalue weighted by molar-refractivity contribution is -0.137. The number of nitrogens with zero attached hydrogens (tertiary/aromatic N) is 2. The molecule has 1 aromatic heterocycles. The second-order valence-electron chi connectivity index (χ2n) is 8.13. The molecule has 3 rings (SSSR count). The summed E-state index contributed by atoms with van der Waals surface area (Å²) in [5.41, 5.74) is -0.309. The molecule has 0 radical (unpaired) electrons. The molecule has 0 spiro atoms. The summed E-state index contributed by atoms with van der Waals surface area (Å²) >= 11 is 0.544. The number of halogens is 5. The number of nitrogens with one attached hydrogen (secondary N) is 1. The van der Waals surface area contributed by atoms with Gasteiger partial charge in [0.2, 0.25) is 5.91 Å². The van der Waals surface area contributed by atoms with E-state index in [1.807, 2.05) is 20.8 Å². The van der Waals surface area contributed by atoms with E-state index < -0.39 is 34.4 Å². The Hall–Kier alpha value is -2.23. The zero-order valence-electron chi connectivity index (χ0n) is 16.1. The van der Waals surface area contributed by atoms with Gasteiger partial charge in [-0.15, -0.1) is 11.3 Å². The number of thiazole rings is 1. The first-order valence-corrected chi connectivity index (χ1v) is 9.75. The van der Waals surface area contributed by atoms with Crippen molar-refractivity contribution in [2.24, 2.45) is 5.41 Å². The van der Waals surface area contributed by atoms with Crippen LogP contribution in [0.15, 0.2) is 12.1 Å². The number of anilines is 2. The number of carbonyl (C=O) groups excluding carboxylic acids is 1. The Balaban J connectivity index is 1.79. The summed E-state index contributed by atoms with van der Waals surface area (Å²) < 4.78 is 67.5. The molecule has 4 nitrogen and oxygen atoms in total. The maximum atomic E-state index is 14.5. The van der Waals surface area contributed by atoms with Crippen LogP contribution in [-0.4, -0.2) is 17.4 Å². The van der Waals surface area contributed by atoms with E-state index in [4.69, 9.17) is 0 Å². The van der Waals surface area contributed by atoms with Crippen molar-refractivity contribution in [3.05, 3.63) is 39.3 Å². The number of amides is 1. The highest BCUT2D eigenvalue weighted by Crippen LogP contribution is 2.37. The quantitative estimate of drug-likeness (QED) is 0.662. The molecule has 29 heavy (non-hydrogen) atoms. The van der Waals surface area contributed by atoms with E-state index in [2.05, 4.69) is 10.3 Å². The van der Waals surface area contributed by atoms with E-state index in [0.717, 1.165) is 12.1 Å². The van der Waals surface area contributed by atoms with Gasteiger partial charge in [0.1, 0.15) is 5.69 Å². The van der Waals surface area contributed by atoms with Crippen molar-refractivity contribution < 1.29 is 26.7 Å². The van der Waals surface area contributed by atoms with E-state index in [1.165, 1.54) is 0 Å². The third-order valence-electron chi connectivity index (χ3n) is 4.32. The van der Waals surface area contributed by atoms with Gasteiger partial charge < -0.3 is 10.2 Å². The first kappa shape index (κ1) is 21.5. The van der Waals surface area contributed by atoms with Gasteiger partial charge >= 0.3 is 6.18 Å². The molecular formula is C19H20F5N3OS. The van der Waals surface area contributed by atoms with Crippen LogP contribution in [0, 0.1) is 17.0 Å². The molecule has 158 valence electrons. The fourth-order valence-electron chi connectivity index (χ4n) is 3.06. The summed E-state index contributed by atoms with van der Waals surface area (Å²) in [5.74, 6) is -2.38. The van der Waals surface area contributed by atoms with Crippen LogP contribution in [0.2, 0.25) is 0 Å². The van der Waals surface area contributed by atoms with Gasteiger partial charge in [-0.2, -0.15) is 13.2 Å². The Morgan fingerprint density at radius 3 is 2.38 bits per heavy atom. The Bertz CT molecular complexity index is 910. The van der Waals surface area contributed by atoms with Gasteiger partial charge in [-0.25, -0.2) is 13.8 Å². The summed E-state index contributed by atoms with van der Waals surface area (Å²) in [5, 5.41) is 1.34. The molecule has 0 aliphatic carbocycles. The lowest BCUT2D eigenvalue weighted by Crippen LogP contribution is -2.30. The third-order valence-corrected chi connectivity index (χ3v) is 5.45. The fourth-order valence-corrected chi connectivity index (χ4v) is 4.05. The SMILES string of the molecule is CC(C)(C)CC(=O)Nc1c(F)cc(N2CCc3nc(C(F)(F)F)sc3C2)cc1F. The number of aromatic nitrogens is 1. The predicted molar refractivity (Wildman–Crippen MR) is 101 cm³/mol. The average molecular weight is 433 g/mol. The predicted octanol–water partition coefficient (Wildman–Crippen LogP) is 5.38. The van der Waals surface area contributed by atoms with Crippen LogP contribution in [0.5, 0.6) is 0 Å². The van der Waals surface area contributed by atoms with Crippen LogP contribution in [0.1, 0.15) is 42.8 Å². The largest absolute Gasteiger partial charge is 0.443 e. The first-order valence-electron chi connectivity index (χ1n) is 8.93. The Morgan fingerprint density at radius 1 is 1.21 bits per heavy atom. The lowest BCUT2D eigenvalue weighted by Gasteiger charge is -2.28. The van der Waals surface area contributed by atoms with Crippen LogP contribution in [0.4, 0.5) is 33.3 Å². The summed E-state index contributed by atoms with van der Waals surface area (Å²) in [7, 11) is 0. The molecule has 2 heterocycles. The van der Waals surface area contributed by atoms with Crippen LogP contribution in [0.25, 0.3) is 0 Å². The third kappa shape index (κ3) is 5.04. The highest BCUT2D eigenvalue weighted by molar-refractivity contribution is 7.11. The van der Waals surface area contributed by atoms with Crippen molar-refractivity contribution >= 4 is 28.6 Å². The topological polar surface area (TPSA) is 45.2 Å². The van der Waals surface area contributed by atoms with Gasteiger partial charge in [0.15, 0.2) is 16.6 Å². The van der Waals surface area contributed by atoms with Crippen molar-refractivity contribution in [2.75, 3.05) is 16.8 Å². The Kier molecular flexibility index (Phi) is 5.59. The van der Waals surface area contributed by atoms with Crippen molar-refractivity contribution in [3.63, 3.8) is 0 Å². The smallest absolute Gasteiger partial charge is 0.366 e. The average Bonchev–Trinajstić information content (AvgIpc) is 3.00. The normalized spacial score (nSPS) is 14.7. The van der Waals surface area contributed by atoms with Crippen molar-refractivity contribution in [1.29, 1.82) is 0 Å². The van der Waals surface area contributed by atoms with Gasteiger partial charge in [0, 0.05) is 30.0 Å². The monoisotopic (exact) mass is 433 g/mol. The number of benzene rings is 1. The number of fused-ring (bicyclic) bond motifs is 1. The molecule has 0 saturated heterocycles. The van der Waals surface area contributed by atoms with Crippen LogP contribution in [0.3, 0.4) is 0 Å². The minimum atomic E-state index is -4.52. The van der Waals surface area contributed by atoms with Crippen LogP contribution in [-0.2, 0) is 23.9 Å². The Labute approximate surface area is 168 Å². The molecule has 1 aliphatic heterocycles. The van der Waals surface area contributed by atoms with Crippen molar-refractivity contribution in [2.45, 2.75) is 46.3 Å². The van der Waals surface area contributed by atoms with E-state index in [1.54, 1.807) is 4.90 Å². The molecule has 1 aliphatic rings. The molecule has 10 heteroatoms. The summed E-state index contributed by atoms with van der Waals surface area (Å²) in [6.07, 6.45) is -4.18. The maximum Gasteiger partial charge on any atom is 0.443 e. The summed E-state index contributed by atoms with van der Waals surface area (Å²) in [4.78, 5) is 17.6. The van der Waals surface area contributed by atoms with Gasteiger partial charge in [0.25, 0.3) is 0 Å². The minimum Gasteiger partial charge on any atom is -0.366 e. The lowest BCUT2D eigenvalue weighted by atomic mass is 9.92. The Morgan fingerprint density at radius 2 is 1.83 bits per heavy atom. The van der Waals surface area contributed by atoms with Crippen molar-refractivity contribution in [3.8, 4) is 0 Å². The van der Waals surface area contributed by atoms with Crippen LogP contribution >= 0.6 is 11.3 Å². The highest BCUT2D eigenvalue weighted by Gasteiger charge is 2.37. The van der Waals surface area contributed by atoms with Gasteiger partial charge in [-0.1, -0.05) is 20.8 Å². The molecular weight excluding hydrogens is 413 g/mol. The summed E-state index contributed by atoms with van der Waals surface area (Å²) in [6, 6.07) is 2.15. The molecule has 0 unspecified atom stereocenters. The number of alkyl halides is 3. The van der Waals surface area contributed by atoms with E-state index in [9.17, 15) is 26.7 Å².